The largest absolute Gasteiger partial charge is 0.277 e. The Morgan fingerprint density at radius 3 is 2.25 bits per heavy atom. The van der Waals surface area contributed by atoms with Gasteiger partial charge in [-0.15, -0.1) is 0 Å². The summed E-state index contributed by atoms with van der Waals surface area (Å²) in [5, 5.41) is 0.639. The summed E-state index contributed by atoms with van der Waals surface area (Å²) in [6.45, 7) is 1.89. The van der Waals surface area contributed by atoms with Crippen molar-refractivity contribution in [3.63, 3.8) is 0 Å². The molecule has 106 valence electrons. The predicted octanol–water partition coefficient (Wildman–Crippen LogP) is 4.87. The molecule has 7 heteroatoms. The molecule has 3 nitrogen and oxygen atoms in total. The van der Waals surface area contributed by atoms with E-state index >= 15 is 0 Å². The molecule has 0 atom stereocenters. The van der Waals surface area contributed by atoms with Gasteiger partial charge in [0, 0.05) is 9.50 Å². The molecule has 0 heterocycles. The minimum absolute atomic E-state index is 0.168. The van der Waals surface area contributed by atoms with Crippen molar-refractivity contribution in [2.75, 3.05) is 4.72 Å². The quantitative estimate of drug-likeness (QED) is 0.807. The molecule has 20 heavy (non-hydrogen) atoms. The van der Waals surface area contributed by atoms with Gasteiger partial charge in [-0.25, -0.2) is 8.42 Å². The molecule has 0 saturated carbocycles. The van der Waals surface area contributed by atoms with Crippen LogP contribution in [0.25, 0.3) is 0 Å². The van der Waals surface area contributed by atoms with Gasteiger partial charge in [0.1, 0.15) is 0 Å². The summed E-state index contributed by atoms with van der Waals surface area (Å²) in [6.07, 6.45) is 0. The topological polar surface area (TPSA) is 46.2 Å². The third-order valence-corrected chi connectivity index (χ3v) is 5.08. The first-order valence-electron chi connectivity index (χ1n) is 5.53. The average Bonchev–Trinajstić information content (AvgIpc) is 2.34. The number of halogens is 3. The van der Waals surface area contributed by atoms with Gasteiger partial charge in [0.2, 0.25) is 0 Å². The first-order valence-corrected chi connectivity index (χ1v) is 8.57. The number of sulfonamides is 1. The van der Waals surface area contributed by atoms with Gasteiger partial charge < -0.3 is 0 Å². The van der Waals surface area contributed by atoms with E-state index in [0.717, 1.165) is 5.56 Å². The monoisotopic (exact) mass is 393 g/mol. The molecule has 2 aromatic rings. The number of rotatable bonds is 3. The third-order valence-electron chi connectivity index (χ3n) is 2.57. The van der Waals surface area contributed by atoms with Crippen molar-refractivity contribution in [1.82, 2.24) is 0 Å². The summed E-state index contributed by atoms with van der Waals surface area (Å²) < 4.78 is 27.5. The smallest absolute Gasteiger partial charge is 0.261 e. The molecule has 0 fully saturated rings. The molecule has 0 aliphatic carbocycles. The van der Waals surface area contributed by atoms with Crippen LogP contribution in [0, 0.1) is 6.92 Å². The fourth-order valence-corrected chi connectivity index (χ4v) is 4.18. The Morgan fingerprint density at radius 1 is 1.10 bits per heavy atom. The van der Waals surface area contributed by atoms with Crippen molar-refractivity contribution in [1.29, 1.82) is 0 Å². The summed E-state index contributed by atoms with van der Waals surface area (Å²) in [4.78, 5) is 0.168. The van der Waals surface area contributed by atoms with Crippen molar-refractivity contribution in [2.24, 2.45) is 0 Å². The lowest BCUT2D eigenvalue weighted by molar-refractivity contribution is 0.601. The zero-order valence-electron chi connectivity index (χ0n) is 10.3. The first kappa shape index (κ1) is 15.6. The molecule has 0 aromatic heterocycles. The maximum absolute atomic E-state index is 12.3. The minimum atomic E-state index is -3.70. The van der Waals surface area contributed by atoms with Crippen LogP contribution in [0.4, 0.5) is 5.69 Å². The molecule has 0 spiro atoms. The van der Waals surface area contributed by atoms with Gasteiger partial charge >= 0.3 is 0 Å². The molecule has 2 aromatic carbocycles. The third kappa shape index (κ3) is 3.47. The Morgan fingerprint density at radius 2 is 1.70 bits per heavy atom. The standard InChI is InChI=1S/C13H10BrCl2NO2S/c1-8-2-4-10(5-3-8)20(18,19)17-13-11(14)6-9(15)7-12(13)16/h2-7,17H,1H3. The molecule has 0 radical (unpaired) electrons. The highest BCUT2D eigenvalue weighted by Crippen LogP contribution is 2.35. The zero-order chi connectivity index (χ0) is 14.9. The lowest BCUT2D eigenvalue weighted by Gasteiger charge is -2.12. The van der Waals surface area contributed by atoms with Crippen LogP contribution >= 0.6 is 39.1 Å². The van der Waals surface area contributed by atoms with E-state index < -0.39 is 10.0 Å². The van der Waals surface area contributed by atoms with Crippen LogP contribution in [0.2, 0.25) is 10.0 Å². The van der Waals surface area contributed by atoms with Gasteiger partial charge in [-0.2, -0.15) is 0 Å². The Bertz CT molecular complexity index is 722. The van der Waals surface area contributed by atoms with Crippen LogP contribution in [-0.4, -0.2) is 8.42 Å². The van der Waals surface area contributed by atoms with E-state index in [1.807, 2.05) is 6.92 Å². The van der Waals surface area contributed by atoms with Crippen molar-refractivity contribution in [2.45, 2.75) is 11.8 Å². The van der Waals surface area contributed by atoms with Gasteiger partial charge in [-0.3, -0.25) is 4.72 Å². The van der Waals surface area contributed by atoms with Crippen molar-refractivity contribution < 1.29 is 8.42 Å². The molecule has 0 amide bonds. The predicted molar refractivity (Wildman–Crippen MR) is 86.1 cm³/mol. The van der Waals surface area contributed by atoms with Crippen LogP contribution in [0.15, 0.2) is 45.8 Å². The lowest BCUT2D eigenvalue weighted by Crippen LogP contribution is -2.13. The van der Waals surface area contributed by atoms with Crippen molar-refractivity contribution in [3.8, 4) is 0 Å². The maximum Gasteiger partial charge on any atom is 0.261 e. The molecule has 2 rings (SSSR count). The number of anilines is 1. The summed E-state index contributed by atoms with van der Waals surface area (Å²) in [5.74, 6) is 0. The second kappa shape index (κ2) is 5.93. The fourth-order valence-electron chi connectivity index (χ4n) is 1.55. The Labute approximate surface area is 136 Å². The van der Waals surface area contributed by atoms with Crippen LogP contribution in [-0.2, 0) is 10.0 Å². The minimum Gasteiger partial charge on any atom is -0.277 e. The number of aryl methyl sites for hydroxylation is 1. The normalized spacial score (nSPS) is 11.4. The van der Waals surface area contributed by atoms with Crippen LogP contribution in [0.3, 0.4) is 0 Å². The number of nitrogens with one attached hydrogen (secondary N) is 1. The summed E-state index contributed by atoms with van der Waals surface area (Å²) in [5.41, 5.74) is 1.24. The van der Waals surface area contributed by atoms with Gasteiger partial charge in [-0.05, 0) is 47.1 Å². The average molecular weight is 395 g/mol. The van der Waals surface area contributed by atoms with Crippen molar-refractivity contribution >= 4 is 54.8 Å². The highest BCUT2D eigenvalue weighted by atomic mass is 79.9. The lowest BCUT2D eigenvalue weighted by atomic mass is 10.2. The van der Waals surface area contributed by atoms with E-state index in [1.54, 1.807) is 18.2 Å². The molecule has 0 aliphatic rings. The maximum atomic E-state index is 12.3. The SMILES string of the molecule is Cc1ccc(S(=O)(=O)Nc2c(Cl)cc(Cl)cc2Br)cc1. The van der Waals surface area contributed by atoms with Gasteiger partial charge in [0.05, 0.1) is 15.6 Å². The van der Waals surface area contributed by atoms with Crippen molar-refractivity contribution in [3.05, 3.63) is 56.5 Å². The molecule has 0 bridgehead atoms. The molecular weight excluding hydrogens is 385 g/mol. The molecule has 0 saturated heterocycles. The Balaban J connectivity index is 2.41. The van der Waals surface area contributed by atoms with E-state index in [4.69, 9.17) is 23.2 Å². The zero-order valence-corrected chi connectivity index (χ0v) is 14.2. The van der Waals surface area contributed by atoms with Crippen LogP contribution < -0.4 is 4.72 Å². The molecule has 1 N–H and O–H groups in total. The molecule has 0 unspecified atom stereocenters. The fraction of sp³-hybridized carbons (Fsp3) is 0.0769. The first-order chi connectivity index (χ1) is 9.29. The summed E-state index contributed by atoms with van der Waals surface area (Å²) in [7, 11) is -3.70. The second-order valence-electron chi connectivity index (χ2n) is 4.16. The van der Waals surface area contributed by atoms with E-state index in [2.05, 4.69) is 20.7 Å². The van der Waals surface area contributed by atoms with Gasteiger partial charge in [-0.1, -0.05) is 40.9 Å². The molecular formula is C13H10BrCl2NO2S. The summed E-state index contributed by atoms with van der Waals surface area (Å²) >= 11 is 15.1. The van der Waals surface area contributed by atoms with E-state index in [-0.39, 0.29) is 15.6 Å². The van der Waals surface area contributed by atoms with Crippen LogP contribution in [0.5, 0.6) is 0 Å². The van der Waals surface area contributed by atoms with Gasteiger partial charge in [0.15, 0.2) is 0 Å². The van der Waals surface area contributed by atoms with E-state index in [9.17, 15) is 8.42 Å². The Kier molecular flexibility index (Phi) is 4.64. The van der Waals surface area contributed by atoms with Crippen LogP contribution in [0.1, 0.15) is 5.56 Å². The number of benzene rings is 2. The molecule has 0 aliphatic heterocycles. The Hall–Kier alpha value is -0.750. The van der Waals surface area contributed by atoms with E-state index in [0.29, 0.717) is 9.50 Å². The highest BCUT2D eigenvalue weighted by molar-refractivity contribution is 9.10. The second-order valence-corrected chi connectivity index (χ2v) is 7.54. The van der Waals surface area contributed by atoms with Gasteiger partial charge in [0.25, 0.3) is 10.0 Å². The van der Waals surface area contributed by atoms with E-state index in [1.165, 1.54) is 18.2 Å². The number of hydrogen-bond acceptors (Lipinski definition) is 2. The summed E-state index contributed by atoms with van der Waals surface area (Å²) in [6, 6.07) is 9.58. The highest BCUT2D eigenvalue weighted by Gasteiger charge is 2.18. The number of hydrogen-bond donors (Lipinski definition) is 1.